The van der Waals surface area contributed by atoms with Crippen molar-refractivity contribution in [2.45, 2.75) is 76.0 Å². The van der Waals surface area contributed by atoms with E-state index in [9.17, 15) is 23.6 Å². The number of benzene rings is 1. The second kappa shape index (κ2) is 16.7. The molecule has 0 bridgehead atoms. The first-order valence-electron chi connectivity index (χ1n) is 18.0. The van der Waals surface area contributed by atoms with E-state index >= 15 is 0 Å². The predicted octanol–water partition coefficient (Wildman–Crippen LogP) is 4.82. The van der Waals surface area contributed by atoms with E-state index in [1.807, 2.05) is 53.2 Å². The molecule has 0 radical (unpaired) electrons. The molecule has 6 heterocycles. The van der Waals surface area contributed by atoms with E-state index in [-0.39, 0.29) is 29.4 Å². The van der Waals surface area contributed by atoms with Crippen LogP contribution in [0.1, 0.15) is 86.1 Å². The van der Waals surface area contributed by atoms with Gasteiger partial charge in [0.15, 0.2) is 0 Å². The summed E-state index contributed by atoms with van der Waals surface area (Å²) in [7, 11) is 3.64. The van der Waals surface area contributed by atoms with Crippen molar-refractivity contribution in [3.05, 3.63) is 82.8 Å². The number of aromatic nitrogens is 6. The van der Waals surface area contributed by atoms with Gasteiger partial charge in [0.25, 0.3) is 5.91 Å². The molecule has 2 unspecified atom stereocenters. The van der Waals surface area contributed by atoms with Crippen molar-refractivity contribution in [2.24, 2.45) is 7.05 Å². The third kappa shape index (κ3) is 8.83. The van der Waals surface area contributed by atoms with E-state index in [0.717, 1.165) is 48.6 Å². The highest BCUT2D eigenvalue weighted by Gasteiger charge is 2.31. The second-order valence-corrected chi connectivity index (χ2v) is 13.7. The van der Waals surface area contributed by atoms with E-state index in [1.54, 1.807) is 37.5 Å². The van der Waals surface area contributed by atoms with Gasteiger partial charge in [0.2, 0.25) is 11.8 Å². The Morgan fingerprint density at radius 1 is 0.981 bits per heavy atom. The Balaban J connectivity index is 0.000000155. The van der Waals surface area contributed by atoms with Crippen LogP contribution in [-0.4, -0.2) is 77.8 Å². The van der Waals surface area contributed by atoms with E-state index in [0.29, 0.717) is 30.3 Å². The van der Waals surface area contributed by atoms with Crippen molar-refractivity contribution in [3.8, 4) is 6.07 Å². The summed E-state index contributed by atoms with van der Waals surface area (Å²) in [6.45, 7) is 1.71. The van der Waals surface area contributed by atoms with E-state index in [2.05, 4.69) is 25.7 Å². The number of hydrogen-bond donors (Lipinski definition) is 2. The van der Waals surface area contributed by atoms with E-state index < -0.39 is 24.0 Å². The average Bonchev–Trinajstić information content (AvgIpc) is 3.70. The number of hydrogen-bond acceptors (Lipinski definition) is 9. The Bertz CT molecular complexity index is 2210. The molecule has 3 fully saturated rings. The van der Waals surface area contributed by atoms with Gasteiger partial charge < -0.3 is 10.2 Å². The summed E-state index contributed by atoms with van der Waals surface area (Å²) in [5, 5.41) is 19.5. The highest BCUT2D eigenvalue weighted by molar-refractivity contribution is 6.03. The third-order valence-electron chi connectivity index (χ3n) is 9.78. The van der Waals surface area contributed by atoms with Gasteiger partial charge in [-0.3, -0.25) is 33.5 Å². The fourth-order valence-electron chi connectivity index (χ4n) is 7.00. The number of amides is 3. The number of imidazole rings is 1. The Labute approximate surface area is 305 Å². The number of imide groups is 1. The van der Waals surface area contributed by atoms with Crippen LogP contribution in [0.3, 0.4) is 0 Å². The normalized spacial score (nSPS) is 19.4. The summed E-state index contributed by atoms with van der Waals surface area (Å²) < 4.78 is 17.4. The van der Waals surface area contributed by atoms with Crippen molar-refractivity contribution in [2.75, 3.05) is 25.5 Å². The summed E-state index contributed by atoms with van der Waals surface area (Å²) in [6, 6.07) is 15.6. The van der Waals surface area contributed by atoms with Gasteiger partial charge in [0.05, 0.1) is 23.3 Å². The van der Waals surface area contributed by atoms with E-state index in [1.165, 1.54) is 28.4 Å². The molecular formula is C38H43FN10O4. The van der Waals surface area contributed by atoms with Crippen LogP contribution in [0.2, 0.25) is 0 Å². The maximum absolute atomic E-state index is 12.4. The molecule has 4 aromatic heterocycles. The summed E-state index contributed by atoms with van der Waals surface area (Å²) in [5.74, 6) is -0.646. The first-order chi connectivity index (χ1) is 25.6. The molecule has 1 aliphatic carbocycles. The van der Waals surface area contributed by atoms with Gasteiger partial charge in [-0.2, -0.15) is 10.4 Å². The number of likely N-dealkylation sites (tertiary alicyclic amines) is 1. The molecule has 2 saturated heterocycles. The van der Waals surface area contributed by atoms with Crippen LogP contribution >= 0.6 is 0 Å². The lowest BCUT2D eigenvalue weighted by Crippen LogP contribution is -2.44. The van der Waals surface area contributed by atoms with Crippen LogP contribution in [0.15, 0.2) is 65.7 Å². The van der Waals surface area contributed by atoms with Crippen molar-refractivity contribution in [3.63, 3.8) is 0 Å². The number of pyridine rings is 2. The van der Waals surface area contributed by atoms with Crippen molar-refractivity contribution in [1.29, 1.82) is 5.26 Å². The fraction of sp³-hybridized carbons (Fsp3) is 0.421. The maximum Gasteiger partial charge on any atom is 0.329 e. The SMILES string of the molecule is CN1CCCC(F)C1.Cn1c(=O)n(C2CCC(=O)NC2=O)c2ccccc21.N#Cc1cccc(C(=O)Nc2cc3cn(C4CCCCC4)nc3cn2)n1. The van der Waals surface area contributed by atoms with Gasteiger partial charge in [0, 0.05) is 31.6 Å². The highest BCUT2D eigenvalue weighted by Crippen LogP contribution is 2.29. The van der Waals surface area contributed by atoms with Gasteiger partial charge in [0.1, 0.15) is 41.0 Å². The number of alkyl halides is 1. The molecular weight excluding hydrogens is 679 g/mol. The zero-order valence-corrected chi connectivity index (χ0v) is 29.9. The van der Waals surface area contributed by atoms with Gasteiger partial charge in [-0.1, -0.05) is 37.5 Å². The van der Waals surface area contributed by atoms with Crippen LogP contribution in [0.25, 0.3) is 21.9 Å². The number of anilines is 1. The summed E-state index contributed by atoms with van der Waals surface area (Å²) >= 11 is 0. The molecule has 2 N–H and O–H groups in total. The Morgan fingerprint density at radius 2 is 1.75 bits per heavy atom. The molecule has 3 amide bonds. The van der Waals surface area contributed by atoms with Crippen LogP contribution < -0.4 is 16.3 Å². The zero-order valence-electron chi connectivity index (χ0n) is 29.9. The van der Waals surface area contributed by atoms with Crippen molar-refractivity contribution < 1.29 is 18.8 Å². The zero-order chi connectivity index (χ0) is 37.5. The first-order valence-corrected chi connectivity index (χ1v) is 18.0. The molecule has 1 saturated carbocycles. The number of nitriles is 1. The molecule has 8 rings (SSSR count). The van der Waals surface area contributed by atoms with Crippen molar-refractivity contribution in [1.82, 2.24) is 39.1 Å². The Morgan fingerprint density at radius 3 is 2.45 bits per heavy atom. The van der Waals surface area contributed by atoms with E-state index in [4.69, 9.17) is 5.26 Å². The molecule has 2 aliphatic heterocycles. The van der Waals surface area contributed by atoms with Gasteiger partial charge in [-0.15, -0.1) is 0 Å². The minimum Gasteiger partial charge on any atom is -0.305 e. The summed E-state index contributed by atoms with van der Waals surface area (Å²) in [6.07, 6.45) is 11.7. The maximum atomic E-state index is 12.4. The first kappa shape index (κ1) is 37.0. The number of carbonyl (C=O) groups excluding carboxylic acids is 3. The Kier molecular flexibility index (Phi) is 11.7. The van der Waals surface area contributed by atoms with Crippen molar-refractivity contribution >= 4 is 45.5 Å². The van der Waals surface area contributed by atoms with Crippen LogP contribution in [0.4, 0.5) is 10.2 Å². The minimum atomic E-state index is -0.615. The number of nitrogens with zero attached hydrogens (tertiary/aromatic N) is 8. The molecule has 5 aromatic rings. The number of fused-ring (bicyclic) bond motifs is 2. The standard InChI is InChI=1S/C19H18N6O.C13H13N3O3.C6H12FN/c20-10-14-5-4-8-16(22-14)19(26)23-18-9-13-12-25(24-17(13)11-21-18)15-6-2-1-3-7-15;1-15-8-4-2-3-5-9(8)16(13(15)19)10-6-7-11(17)14-12(10)18;1-8-4-2-3-6(7)5-8/h4-5,8-9,11-12,15H,1-3,6-7H2,(H,23,26);2-5,10H,6-7H2,1H3,(H,14,17,18);6H,2-5H2,1H3. The lowest BCUT2D eigenvalue weighted by atomic mass is 9.96. The quantitative estimate of drug-likeness (QED) is 0.247. The molecule has 14 nitrogen and oxygen atoms in total. The lowest BCUT2D eigenvalue weighted by Gasteiger charge is -2.24. The largest absolute Gasteiger partial charge is 0.329 e. The monoisotopic (exact) mass is 722 g/mol. The smallest absolute Gasteiger partial charge is 0.305 e. The second-order valence-electron chi connectivity index (χ2n) is 13.7. The number of rotatable bonds is 4. The Hall–Kier alpha value is -5.75. The average molecular weight is 723 g/mol. The number of halogens is 1. The molecule has 3 aliphatic rings. The third-order valence-corrected chi connectivity index (χ3v) is 9.78. The number of para-hydroxylation sites is 2. The van der Waals surface area contributed by atoms with Crippen LogP contribution in [-0.2, 0) is 16.6 Å². The molecule has 53 heavy (non-hydrogen) atoms. The number of nitrogens with one attached hydrogen (secondary N) is 2. The molecule has 276 valence electrons. The summed E-state index contributed by atoms with van der Waals surface area (Å²) in [5.41, 5.74) is 2.45. The highest BCUT2D eigenvalue weighted by atomic mass is 19.1. The lowest BCUT2D eigenvalue weighted by molar-refractivity contribution is -0.135. The minimum absolute atomic E-state index is 0.184. The predicted molar refractivity (Wildman–Crippen MR) is 197 cm³/mol. The van der Waals surface area contributed by atoms with Crippen LogP contribution in [0.5, 0.6) is 0 Å². The number of piperidine rings is 2. The van der Waals surface area contributed by atoms with Gasteiger partial charge in [-0.05, 0) is 76.0 Å². The molecule has 2 atom stereocenters. The topological polar surface area (TPSA) is 173 Å². The van der Waals surface area contributed by atoms with Gasteiger partial charge >= 0.3 is 5.69 Å². The number of carbonyl (C=O) groups is 3. The van der Waals surface area contributed by atoms with Gasteiger partial charge in [-0.25, -0.2) is 19.2 Å². The summed E-state index contributed by atoms with van der Waals surface area (Å²) in [4.78, 5) is 58.0. The molecule has 1 aromatic carbocycles. The number of aryl methyl sites for hydroxylation is 1. The molecule has 0 spiro atoms. The van der Waals surface area contributed by atoms with Crippen LogP contribution in [0, 0.1) is 11.3 Å². The molecule has 15 heteroatoms. The fourth-order valence-corrected chi connectivity index (χ4v) is 7.00.